The highest BCUT2D eigenvalue weighted by atomic mass is 19.4. The zero-order chi connectivity index (χ0) is 17.6. The number of pyridine rings is 1. The molecule has 1 aromatic rings. The third-order valence-electron chi connectivity index (χ3n) is 2.59. The summed E-state index contributed by atoms with van der Waals surface area (Å²) in [5.41, 5.74) is -1.31. The number of nitrogens with one attached hydrogen (secondary N) is 1. The Balaban J connectivity index is 3.11. The summed E-state index contributed by atoms with van der Waals surface area (Å²) in [4.78, 5) is 16.4. The molecule has 0 unspecified atom stereocenters. The first-order valence-corrected chi connectivity index (χ1v) is 6.49. The normalized spacial score (nSPS) is 11.6. The topological polar surface area (TPSA) is 78.2 Å². The zero-order valence-electron chi connectivity index (χ0n) is 12.7. The highest BCUT2D eigenvalue weighted by Crippen LogP contribution is 2.36. The molecule has 0 atom stereocenters. The molecule has 0 spiro atoms. The van der Waals surface area contributed by atoms with Crippen molar-refractivity contribution in [2.45, 2.75) is 13.1 Å². The van der Waals surface area contributed by atoms with Crippen LogP contribution in [0.4, 0.5) is 24.7 Å². The van der Waals surface area contributed by atoms with Crippen LogP contribution in [-0.4, -0.2) is 31.7 Å². The van der Waals surface area contributed by atoms with Gasteiger partial charge in [-0.2, -0.15) is 18.4 Å². The summed E-state index contributed by atoms with van der Waals surface area (Å²) in [5, 5.41) is 11.3. The van der Waals surface area contributed by atoms with Gasteiger partial charge in [0.1, 0.15) is 17.5 Å². The third kappa shape index (κ3) is 4.88. The van der Waals surface area contributed by atoms with Gasteiger partial charge in [-0.15, -0.1) is 0 Å². The van der Waals surface area contributed by atoms with Crippen LogP contribution >= 0.6 is 0 Å². The fraction of sp³-hybridized carbons (Fsp3) is 0.357. The number of esters is 1. The lowest BCUT2D eigenvalue weighted by Gasteiger charge is -2.18. The lowest BCUT2D eigenvalue weighted by Crippen LogP contribution is -2.18. The minimum absolute atomic E-state index is 0.0139. The van der Waals surface area contributed by atoms with Crippen molar-refractivity contribution in [3.63, 3.8) is 0 Å². The number of rotatable bonds is 5. The van der Waals surface area contributed by atoms with Gasteiger partial charge in [-0.25, -0.2) is 9.78 Å². The molecule has 6 nitrogen and oxygen atoms in total. The summed E-state index contributed by atoms with van der Waals surface area (Å²) < 4.78 is 43.8. The number of carbonyl (C=O) groups is 1. The van der Waals surface area contributed by atoms with Gasteiger partial charge >= 0.3 is 12.1 Å². The minimum Gasteiger partial charge on any atom is -0.462 e. The van der Waals surface area contributed by atoms with Gasteiger partial charge < -0.3 is 15.0 Å². The predicted molar refractivity (Wildman–Crippen MR) is 77.5 cm³/mol. The average molecular weight is 328 g/mol. The highest BCUT2D eigenvalue weighted by Gasteiger charge is 2.35. The smallest absolute Gasteiger partial charge is 0.420 e. The molecule has 0 amide bonds. The molecule has 1 heterocycles. The minimum atomic E-state index is -4.59. The molecule has 0 aliphatic carbocycles. The lowest BCUT2D eigenvalue weighted by molar-refractivity contribution is -0.138. The molecule has 0 bridgehead atoms. The lowest BCUT2D eigenvalue weighted by atomic mass is 10.2. The van der Waals surface area contributed by atoms with Crippen molar-refractivity contribution in [2.24, 2.45) is 0 Å². The molecule has 0 saturated carbocycles. The number of carbonyl (C=O) groups excluding carboxylic acids is 1. The molecule has 0 radical (unpaired) electrons. The van der Waals surface area contributed by atoms with E-state index in [0.717, 1.165) is 12.3 Å². The molecule has 0 fully saturated rings. The van der Waals surface area contributed by atoms with Crippen LogP contribution in [0.5, 0.6) is 0 Å². The van der Waals surface area contributed by atoms with Crippen molar-refractivity contribution < 1.29 is 22.7 Å². The van der Waals surface area contributed by atoms with E-state index in [2.05, 4.69) is 15.0 Å². The van der Waals surface area contributed by atoms with Gasteiger partial charge in [0.2, 0.25) is 0 Å². The van der Waals surface area contributed by atoms with Crippen LogP contribution in [0.25, 0.3) is 0 Å². The highest BCUT2D eigenvalue weighted by molar-refractivity contribution is 5.93. The first kappa shape index (κ1) is 18.3. The molecular formula is C14H15F3N4O2. The van der Waals surface area contributed by atoms with E-state index in [9.17, 15) is 18.0 Å². The van der Waals surface area contributed by atoms with E-state index in [0.29, 0.717) is 0 Å². The van der Waals surface area contributed by atoms with Crippen LogP contribution < -0.4 is 10.2 Å². The molecule has 0 aliphatic rings. The second kappa shape index (κ2) is 7.49. The number of hydrogen-bond donors (Lipinski definition) is 1. The van der Waals surface area contributed by atoms with E-state index in [-0.39, 0.29) is 23.7 Å². The fourth-order valence-corrected chi connectivity index (χ4v) is 1.60. The van der Waals surface area contributed by atoms with Crippen molar-refractivity contribution in [1.29, 1.82) is 5.26 Å². The first-order chi connectivity index (χ1) is 10.7. The maximum Gasteiger partial charge on any atom is 0.420 e. The Morgan fingerprint density at radius 2 is 2.17 bits per heavy atom. The van der Waals surface area contributed by atoms with Crippen LogP contribution in [-0.2, 0) is 15.7 Å². The van der Waals surface area contributed by atoms with E-state index in [1.165, 1.54) is 25.2 Å². The number of anilines is 2. The van der Waals surface area contributed by atoms with Crippen LogP contribution in [0.3, 0.4) is 0 Å². The van der Waals surface area contributed by atoms with Gasteiger partial charge in [-0.05, 0) is 13.0 Å². The van der Waals surface area contributed by atoms with Crippen LogP contribution in [0, 0.1) is 11.3 Å². The molecule has 124 valence electrons. The second-order valence-electron chi connectivity index (χ2n) is 4.52. The zero-order valence-corrected chi connectivity index (χ0v) is 12.7. The molecule has 0 aliphatic heterocycles. The molecular weight excluding hydrogens is 313 g/mol. The van der Waals surface area contributed by atoms with Gasteiger partial charge in [0.15, 0.2) is 5.57 Å². The van der Waals surface area contributed by atoms with Crippen LogP contribution in [0.15, 0.2) is 24.0 Å². The van der Waals surface area contributed by atoms with Gasteiger partial charge in [-0.3, -0.25) is 0 Å². The summed E-state index contributed by atoms with van der Waals surface area (Å²) in [5.74, 6) is -1.10. The fourth-order valence-electron chi connectivity index (χ4n) is 1.60. The number of nitriles is 1. The summed E-state index contributed by atoms with van der Waals surface area (Å²) in [6.45, 7) is 1.65. The molecule has 0 aromatic carbocycles. The quantitative estimate of drug-likeness (QED) is 0.508. The monoisotopic (exact) mass is 328 g/mol. The summed E-state index contributed by atoms with van der Waals surface area (Å²) in [6, 6.07) is 2.45. The maximum atomic E-state index is 13.0. The maximum absolute atomic E-state index is 13.0. The Kier molecular flexibility index (Phi) is 5.95. The number of aromatic nitrogens is 1. The van der Waals surface area contributed by atoms with E-state index >= 15 is 0 Å². The van der Waals surface area contributed by atoms with E-state index in [4.69, 9.17) is 5.26 Å². The molecule has 9 heteroatoms. The van der Waals surface area contributed by atoms with Crippen molar-refractivity contribution in [3.8, 4) is 6.07 Å². The Labute approximate surface area is 131 Å². The molecule has 0 saturated heterocycles. The Morgan fingerprint density at radius 1 is 1.52 bits per heavy atom. The van der Waals surface area contributed by atoms with Crippen molar-refractivity contribution in [1.82, 2.24) is 4.98 Å². The van der Waals surface area contributed by atoms with Gasteiger partial charge in [0.25, 0.3) is 0 Å². The van der Waals surface area contributed by atoms with Gasteiger partial charge in [0, 0.05) is 20.3 Å². The van der Waals surface area contributed by atoms with Crippen LogP contribution in [0.2, 0.25) is 0 Å². The molecule has 1 aromatic heterocycles. The standard InChI is InChI=1S/C14H15F3N4O2/c1-4-23-13(22)9(6-18)7-19-10-5-11(14(15,16)17)12(20-8-10)21(2)3/h5,7-8,19H,4H2,1-3H3/b9-7-. The van der Waals surface area contributed by atoms with Gasteiger partial charge in [0.05, 0.1) is 18.5 Å². The summed E-state index contributed by atoms with van der Waals surface area (Å²) in [6.07, 6.45) is -2.45. The third-order valence-corrected chi connectivity index (χ3v) is 2.59. The van der Waals surface area contributed by atoms with E-state index < -0.39 is 17.7 Å². The number of halogens is 3. The van der Waals surface area contributed by atoms with Gasteiger partial charge in [-0.1, -0.05) is 0 Å². The number of ether oxygens (including phenoxy) is 1. The summed E-state index contributed by atoms with van der Waals surface area (Å²) in [7, 11) is 2.89. The average Bonchev–Trinajstić information content (AvgIpc) is 2.47. The van der Waals surface area contributed by atoms with Crippen molar-refractivity contribution in [2.75, 3.05) is 30.9 Å². The predicted octanol–water partition coefficient (Wildman–Crippen LogP) is 2.55. The number of alkyl halides is 3. The largest absolute Gasteiger partial charge is 0.462 e. The van der Waals surface area contributed by atoms with Crippen molar-refractivity contribution in [3.05, 3.63) is 29.6 Å². The summed E-state index contributed by atoms with van der Waals surface area (Å²) >= 11 is 0. The molecule has 1 N–H and O–H groups in total. The van der Waals surface area contributed by atoms with E-state index in [1.54, 1.807) is 13.0 Å². The number of nitrogens with zero attached hydrogens (tertiary/aromatic N) is 3. The van der Waals surface area contributed by atoms with Crippen molar-refractivity contribution >= 4 is 17.5 Å². The SMILES string of the molecule is CCOC(=O)/C(C#N)=C\Nc1cnc(N(C)C)c(C(F)(F)F)c1. The molecule has 23 heavy (non-hydrogen) atoms. The van der Waals surface area contributed by atoms with Crippen LogP contribution in [0.1, 0.15) is 12.5 Å². The first-order valence-electron chi connectivity index (χ1n) is 6.49. The Bertz CT molecular complexity index is 648. The Hall–Kier alpha value is -2.76. The molecule has 1 rings (SSSR count). The second-order valence-corrected chi connectivity index (χ2v) is 4.52. The van der Waals surface area contributed by atoms with E-state index in [1.807, 2.05) is 0 Å². The number of hydrogen-bond acceptors (Lipinski definition) is 6. The Morgan fingerprint density at radius 3 is 2.65 bits per heavy atom.